The molecule has 2 aromatic rings. The molecule has 0 radical (unpaired) electrons. The third-order valence-electron chi connectivity index (χ3n) is 6.95. The van der Waals surface area contributed by atoms with Crippen molar-refractivity contribution in [2.45, 2.75) is 38.8 Å². The van der Waals surface area contributed by atoms with Gasteiger partial charge in [0.05, 0.1) is 41.8 Å². The van der Waals surface area contributed by atoms with E-state index in [4.69, 9.17) is 10.5 Å². The number of fused-ring (bicyclic) bond motifs is 1. The summed E-state index contributed by atoms with van der Waals surface area (Å²) in [6.45, 7) is 3.38. The number of piperidine rings is 1. The normalized spacial score (nSPS) is 16.4. The van der Waals surface area contributed by atoms with Gasteiger partial charge in [0.25, 0.3) is 5.91 Å². The summed E-state index contributed by atoms with van der Waals surface area (Å²) in [4.78, 5) is 38.9. The molecule has 0 saturated carbocycles. The maximum absolute atomic E-state index is 13.0. The third-order valence-corrected chi connectivity index (χ3v) is 8.25. The first-order valence-corrected chi connectivity index (χ1v) is 14.1. The maximum Gasteiger partial charge on any atom is 0.338 e. The summed E-state index contributed by atoms with van der Waals surface area (Å²) in [6, 6.07) is 8.04. The van der Waals surface area contributed by atoms with Gasteiger partial charge in [0, 0.05) is 43.5 Å². The molecule has 12 nitrogen and oxygen atoms in total. The lowest BCUT2D eigenvalue weighted by Crippen LogP contribution is -2.42. The fourth-order valence-electron chi connectivity index (χ4n) is 5.13. The van der Waals surface area contributed by atoms with Gasteiger partial charge in [-0.05, 0) is 44.0 Å². The van der Waals surface area contributed by atoms with Gasteiger partial charge in [-0.25, -0.2) is 22.3 Å². The molecule has 0 atom stereocenters. The van der Waals surface area contributed by atoms with Crippen molar-refractivity contribution in [1.29, 1.82) is 5.26 Å². The third kappa shape index (κ3) is 5.36. The van der Waals surface area contributed by atoms with Crippen LogP contribution in [0.1, 0.15) is 63.4 Å². The number of carbonyl (C=O) groups is 3. The smallest absolute Gasteiger partial charge is 0.338 e. The highest BCUT2D eigenvalue weighted by Crippen LogP contribution is 2.37. The molecule has 1 saturated heterocycles. The Hall–Kier alpha value is -3.89. The molecule has 1 fully saturated rings. The number of ether oxygens (including phenoxy) is 1. The minimum atomic E-state index is -3.31. The Kier molecular flexibility index (Phi) is 7.75. The number of nitrogens with zero attached hydrogens (tertiary/aromatic N) is 4. The molecule has 1 aromatic carbocycles. The number of benzene rings is 1. The molecule has 1 aromatic heterocycles. The van der Waals surface area contributed by atoms with Gasteiger partial charge >= 0.3 is 12.0 Å². The van der Waals surface area contributed by atoms with Crippen LogP contribution in [0.15, 0.2) is 24.3 Å². The second kappa shape index (κ2) is 10.8. The Morgan fingerprint density at radius 2 is 1.79 bits per heavy atom. The maximum atomic E-state index is 13.0. The number of primary amides is 1. The SMILES string of the molecule is CCOC(=O)c1ccc(NC(=O)N2CCn3c(c(C(N)=O)c(C#N)c3C3CCN(S(C)(=O)=O)CC3)C2)cc1. The zero-order valence-corrected chi connectivity index (χ0v) is 22.1. The number of nitrogens with two attached hydrogens (primary N) is 1. The van der Waals surface area contributed by atoms with E-state index in [1.807, 2.05) is 4.57 Å². The van der Waals surface area contributed by atoms with Crippen LogP contribution in [0.5, 0.6) is 0 Å². The summed E-state index contributed by atoms with van der Waals surface area (Å²) in [5.41, 5.74) is 8.01. The summed E-state index contributed by atoms with van der Waals surface area (Å²) < 4.78 is 32.1. The van der Waals surface area contributed by atoms with Crippen LogP contribution in [0, 0.1) is 11.3 Å². The minimum Gasteiger partial charge on any atom is -0.462 e. The summed E-state index contributed by atoms with van der Waals surface area (Å²) in [6.07, 6.45) is 2.19. The lowest BCUT2D eigenvalue weighted by Gasteiger charge is -2.34. The molecule has 0 spiro atoms. The van der Waals surface area contributed by atoms with Gasteiger partial charge in [0.2, 0.25) is 10.0 Å². The van der Waals surface area contributed by atoms with Crippen molar-refractivity contribution in [3.8, 4) is 6.07 Å². The second-order valence-corrected chi connectivity index (χ2v) is 11.3. The van der Waals surface area contributed by atoms with E-state index in [1.165, 1.54) is 15.5 Å². The predicted octanol–water partition coefficient (Wildman–Crippen LogP) is 1.82. The number of urea groups is 1. The van der Waals surface area contributed by atoms with Crippen LogP contribution in [0.4, 0.5) is 10.5 Å². The fourth-order valence-corrected chi connectivity index (χ4v) is 6.01. The predicted molar refractivity (Wildman–Crippen MR) is 138 cm³/mol. The molecule has 0 unspecified atom stereocenters. The zero-order valence-electron chi connectivity index (χ0n) is 21.3. The standard InChI is InChI=1S/C25H30N6O6S/c1-3-37-24(33)17-4-6-18(7-5-17)28-25(34)29-12-13-31-20(15-29)21(23(27)32)19(14-26)22(31)16-8-10-30(11-9-16)38(2,35)36/h4-7,16H,3,8-13,15H2,1-2H3,(H2,27,32)(H,28,34). The van der Waals surface area contributed by atoms with E-state index in [9.17, 15) is 28.1 Å². The lowest BCUT2D eigenvalue weighted by molar-refractivity contribution is 0.0526. The molecule has 3 heterocycles. The van der Waals surface area contributed by atoms with E-state index >= 15 is 0 Å². The van der Waals surface area contributed by atoms with E-state index in [2.05, 4.69) is 11.4 Å². The summed E-state index contributed by atoms with van der Waals surface area (Å²) in [5, 5.41) is 12.8. The Labute approximate surface area is 221 Å². The number of sulfonamides is 1. The number of nitrogens with one attached hydrogen (secondary N) is 1. The number of hydrogen-bond donors (Lipinski definition) is 2. The molecule has 3 N–H and O–H groups in total. The molecule has 38 heavy (non-hydrogen) atoms. The van der Waals surface area contributed by atoms with E-state index in [0.29, 0.717) is 61.7 Å². The highest BCUT2D eigenvalue weighted by molar-refractivity contribution is 7.88. The summed E-state index contributed by atoms with van der Waals surface area (Å²) >= 11 is 0. The molecule has 3 amide bonds. The van der Waals surface area contributed by atoms with Gasteiger partial charge < -0.3 is 25.3 Å². The number of rotatable bonds is 6. The van der Waals surface area contributed by atoms with Crippen molar-refractivity contribution in [3.63, 3.8) is 0 Å². The Balaban J connectivity index is 1.55. The highest BCUT2D eigenvalue weighted by Gasteiger charge is 2.36. The largest absolute Gasteiger partial charge is 0.462 e. The second-order valence-electron chi connectivity index (χ2n) is 9.30. The number of nitriles is 1. The molecule has 13 heteroatoms. The number of carbonyl (C=O) groups excluding carboxylic acids is 3. The molecule has 0 bridgehead atoms. The quantitative estimate of drug-likeness (QED) is 0.525. The number of esters is 1. The van der Waals surface area contributed by atoms with Crippen LogP contribution < -0.4 is 11.1 Å². The number of aromatic nitrogens is 1. The van der Waals surface area contributed by atoms with Crippen molar-refractivity contribution < 1.29 is 27.5 Å². The van der Waals surface area contributed by atoms with E-state index < -0.39 is 27.9 Å². The van der Waals surface area contributed by atoms with Gasteiger partial charge in [0.15, 0.2) is 0 Å². The molecule has 4 rings (SSSR count). The molecule has 2 aliphatic heterocycles. The number of anilines is 1. The van der Waals surface area contributed by atoms with Crippen molar-refractivity contribution in [2.75, 3.05) is 37.8 Å². The Morgan fingerprint density at radius 1 is 1.13 bits per heavy atom. The first-order chi connectivity index (χ1) is 18.0. The molecular formula is C25H30N6O6S. The minimum absolute atomic E-state index is 0.0713. The van der Waals surface area contributed by atoms with E-state index in [0.717, 1.165) is 0 Å². The van der Waals surface area contributed by atoms with Gasteiger partial charge in [0.1, 0.15) is 6.07 Å². The zero-order chi connectivity index (χ0) is 27.6. The van der Waals surface area contributed by atoms with Gasteiger partial charge in [-0.2, -0.15) is 5.26 Å². The number of hydrogen-bond acceptors (Lipinski definition) is 7. The van der Waals surface area contributed by atoms with Crippen LogP contribution >= 0.6 is 0 Å². The lowest BCUT2D eigenvalue weighted by atomic mass is 9.91. The van der Waals surface area contributed by atoms with E-state index in [-0.39, 0.29) is 30.2 Å². The first kappa shape index (κ1) is 27.2. The summed E-state index contributed by atoms with van der Waals surface area (Å²) in [5.74, 6) is -1.32. The molecular weight excluding hydrogens is 512 g/mol. The van der Waals surface area contributed by atoms with Crippen LogP contribution in [-0.4, -0.2) is 72.6 Å². The van der Waals surface area contributed by atoms with Gasteiger partial charge in [-0.15, -0.1) is 0 Å². The molecule has 0 aliphatic carbocycles. The first-order valence-electron chi connectivity index (χ1n) is 12.3. The highest BCUT2D eigenvalue weighted by atomic mass is 32.2. The molecule has 2 aliphatic rings. The van der Waals surface area contributed by atoms with Crippen molar-refractivity contribution in [1.82, 2.24) is 13.8 Å². The Morgan fingerprint density at radius 3 is 2.34 bits per heavy atom. The van der Waals surface area contributed by atoms with Gasteiger partial charge in [-0.3, -0.25) is 4.79 Å². The van der Waals surface area contributed by atoms with Crippen molar-refractivity contribution in [3.05, 3.63) is 52.3 Å². The summed E-state index contributed by atoms with van der Waals surface area (Å²) in [7, 11) is -3.31. The van der Waals surface area contributed by atoms with Crippen LogP contribution in [0.25, 0.3) is 0 Å². The van der Waals surface area contributed by atoms with Crippen LogP contribution in [-0.2, 0) is 27.8 Å². The monoisotopic (exact) mass is 542 g/mol. The Bertz CT molecular complexity index is 1400. The van der Waals surface area contributed by atoms with Crippen LogP contribution in [0.3, 0.4) is 0 Å². The van der Waals surface area contributed by atoms with E-state index in [1.54, 1.807) is 31.2 Å². The van der Waals surface area contributed by atoms with Crippen molar-refractivity contribution >= 4 is 33.6 Å². The fraction of sp³-hybridized carbons (Fsp3) is 0.440. The number of amides is 3. The van der Waals surface area contributed by atoms with Crippen molar-refractivity contribution in [2.24, 2.45) is 5.73 Å². The molecule has 202 valence electrons. The van der Waals surface area contributed by atoms with Crippen LogP contribution in [0.2, 0.25) is 0 Å². The average Bonchev–Trinajstić information content (AvgIpc) is 3.22. The average molecular weight is 543 g/mol. The topological polar surface area (TPSA) is 168 Å². The van der Waals surface area contributed by atoms with Gasteiger partial charge in [-0.1, -0.05) is 0 Å².